The molecule has 4 fully saturated rings. The zero-order valence-electron chi connectivity index (χ0n) is 27.0. The predicted octanol–water partition coefficient (Wildman–Crippen LogP) is 2.36. The van der Waals surface area contributed by atoms with Crippen LogP contribution in [0.4, 0.5) is 4.79 Å². The maximum atomic E-state index is 14.4. The molecule has 13 nitrogen and oxygen atoms in total. The van der Waals surface area contributed by atoms with E-state index in [0.717, 1.165) is 44.2 Å². The van der Waals surface area contributed by atoms with Gasteiger partial charge in [0.2, 0.25) is 17.6 Å². The van der Waals surface area contributed by atoms with E-state index in [1.165, 1.54) is 4.90 Å². The number of hydrogen-bond donors (Lipinski definition) is 3. The Morgan fingerprint density at radius 3 is 2.42 bits per heavy atom. The van der Waals surface area contributed by atoms with Gasteiger partial charge in [0, 0.05) is 31.2 Å². The van der Waals surface area contributed by atoms with Crippen molar-refractivity contribution in [3.05, 3.63) is 0 Å². The molecule has 2 aliphatic carbocycles. The number of carbonyl (C=O) groups excluding carboxylic acids is 5. The molecule has 3 N–H and O–H groups in total. The molecule has 1 spiro atoms. The molecule has 4 amide bonds. The van der Waals surface area contributed by atoms with Crippen LogP contribution < -0.4 is 16.0 Å². The van der Waals surface area contributed by atoms with Crippen molar-refractivity contribution >= 4 is 35.3 Å². The third kappa shape index (κ3) is 7.96. The van der Waals surface area contributed by atoms with E-state index in [2.05, 4.69) is 21.1 Å². The number of ketones is 1. The molecule has 45 heavy (non-hydrogen) atoms. The molecule has 0 bridgehead atoms. The molecule has 2 saturated carbocycles. The normalized spacial score (nSPS) is 27.9. The summed E-state index contributed by atoms with van der Waals surface area (Å²) in [5.74, 6) is -2.07. The molecule has 0 aromatic rings. The molecule has 13 heteroatoms. The molecule has 5 rings (SSSR count). The number of likely N-dealkylation sites (tertiary alicyclic amines) is 1. The summed E-state index contributed by atoms with van der Waals surface area (Å²) in [6.07, 6.45) is 7.00. The van der Waals surface area contributed by atoms with E-state index in [9.17, 15) is 24.0 Å². The largest absolute Gasteiger partial charge is 0.444 e. The van der Waals surface area contributed by atoms with Crippen molar-refractivity contribution in [2.45, 2.75) is 134 Å². The zero-order chi connectivity index (χ0) is 32.4. The molecule has 0 unspecified atom stereocenters. The van der Waals surface area contributed by atoms with Crippen molar-refractivity contribution < 1.29 is 38.3 Å². The molecule has 0 aromatic heterocycles. The molecule has 3 heterocycles. The van der Waals surface area contributed by atoms with Gasteiger partial charge in [-0.1, -0.05) is 52.1 Å². The van der Waals surface area contributed by atoms with Crippen LogP contribution in [0.25, 0.3) is 0 Å². The number of alkyl carbamates (subject to hydrolysis) is 1. The topological polar surface area (TPSA) is 165 Å². The van der Waals surface area contributed by atoms with Gasteiger partial charge < -0.3 is 35.2 Å². The number of rotatable bonds is 11. The van der Waals surface area contributed by atoms with E-state index in [0.29, 0.717) is 38.4 Å². The Labute approximate surface area is 264 Å². The molecular weight excluding hydrogens is 582 g/mol. The second kappa shape index (κ2) is 13.6. The van der Waals surface area contributed by atoms with Crippen LogP contribution >= 0.6 is 0 Å². The lowest BCUT2D eigenvalue weighted by molar-refractivity contribution is -0.144. The van der Waals surface area contributed by atoms with E-state index < -0.39 is 64.8 Å². The number of Topliss-reactive ketones (excluding diaryl/α,β-unsaturated/α-hetero) is 1. The number of nitrogens with one attached hydrogen (secondary N) is 3. The van der Waals surface area contributed by atoms with Gasteiger partial charge in [0.1, 0.15) is 18.2 Å². The van der Waals surface area contributed by atoms with Gasteiger partial charge >= 0.3 is 6.09 Å². The number of oxime groups is 1. The summed E-state index contributed by atoms with van der Waals surface area (Å²) in [6.45, 7) is 8.26. The first-order valence-electron chi connectivity index (χ1n) is 16.6. The van der Waals surface area contributed by atoms with Gasteiger partial charge in [-0.2, -0.15) is 0 Å². The van der Waals surface area contributed by atoms with Crippen molar-refractivity contribution in [3.63, 3.8) is 0 Å². The SMILES string of the molecule is CCC[C@H](NC(=O)[C@@H]1C[C@]2(CC(C3CCCC3)=NO2)CN1C(=O)[C@@H](NC(=O)O[C@H]1CCOC1)C(C)(C)C)C(=O)C(=O)NC1CC1. The summed E-state index contributed by atoms with van der Waals surface area (Å²) in [4.78, 5) is 74.5. The molecule has 250 valence electrons. The highest BCUT2D eigenvalue weighted by molar-refractivity contribution is 6.38. The minimum atomic E-state index is -1.02. The maximum absolute atomic E-state index is 14.4. The third-order valence-corrected chi connectivity index (χ3v) is 9.56. The van der Waals surface area contributed by atoms with E-state index in [4.69, 9.17) is 14.3 Å². The lowest BCUT2D eigenvalue weighted by Crippen LogP contribution is -2.59. The number of amides is 4. The first kappa shape index (κ1) is 33.2. The number of carbonyl (C=O) groups is 5. The van der Waals surface area contributed by atoms with Gasteiger partial charge in [-0.25, -0.2) is 4.79 Å². The van der Waals surface area contributed by atoms with Crippen LogP contribution in [0.1, 0.15) is 98.3 Å². The predicted molar refractivity (Wildman–Crippen MR) is 163 cm³/mol. The van der Waals surface area contributed by atoms with E-state index in [-0.39, 0.29) is 25.4 Å². The van der Waals surface area contributed by atoms with Crippen LogP contribution in [0.3, 0.4) is 0 Å². The lowest BCUT2D eigenvalue weighted by Gasteiger charge is -2.35. The highest BCUT2D eigenvalue weighted by Gasteiger charge is 2.56. The van der Waals surface area contributed by atoms with Gasteiger partial charge in [-0.15, -0.1) is 0 Å². The zero-order valence-corrected chi connectivity index (χ0v) is 27.0. The fourth-order valence-electron chi connectivity index (χ4n) is 6.83. The van der Waals surface area contributed by atoms with Crippen LogP contribution in [0.5, 0.6) is 0 Å². The van der Waals surface area contributed by atoms with Gasteiger partial charge in [-0.3, -0.25) is 19.2 Å². The highest BCUT2D eigenvalue weighted by atomic mass is 16.7. The quantitative estimate of drug-likeness (QED) is 0.293. The van der Waals surface area contributed by atoms with Crippen LogP contribution in [0.2, 0.25) is 0 Å². The molecule has 5 atom stereocenters. The first-order valence-corrected chi connectivity index (χ1v) is 16.6. The Balaban J connectivity index is 1.35. The molecule has 0 radical (unpaired) electrons. The van der Waals surface area contributed by atoms with E-state index in [1.54, 1.807) is 0 Å². The van der Waals surface area contributed by atoms with Crippen LogP contribution in [-0.4, -0.2) is 95.8 Å². The minimum Gasteiger partial charge on any atom is -0.444 e. The van der Waals surface area contributed by atoms with Crippen LogP contribution in [0, 0.1) is 11.3 Å². The Hall–Kier alpha value is -3.22. The van der Waals surface area contributed by atoms with Crippen molar-refractivity contribution in [3.8, 4) is 0 Å². The summed E-state index contributed by atoms with van der Waals surface area (Å²) in [6, 6.07) is -3.04. The first-order chi connectivity index (χ1) is 21.4. The second-order valence-electron chi connectivity index (χ2n) is 14.5. The summed E-state index contributed by atoms with van der Waals surface area (Å²) in [5, 5.41) is 12.7. The monoisotopic (exact) mass is 631 g/mol. The molecule has 2 saturated heterocycles. The summed E-state index contributed by atoms with van der Waals surface area (Å²) in [5.41, 5.74) is -0.666. The average Bonchev–Trinajstić information content (AvgIpc) is 3.46. The maximum Gasteiger partial charge on any atom is 0.408 e. The second-order valence-corrected chi connectivity index (χ2v) is 14.5. The van der Waals surface area contributed by atoms with Crippen molar-refractivity contribution in [1.82, 2.24) is 20.9 Å². The smallest absolute Gasteiger partial charge is 0.408 e. The molecule has 0 aromatic carbocycles. The molecule has 3 aliphatic heterocycles. The Morgan fingerprint density at radius 1 is 1.07 bits per heavy atom. The standard InChI is InChI=1S/C32H49N5O8/c1-5-8-22(25(38)28(40)33-20-11-12-20)34-27(39)24-16-32(15-23(36-45-32)19-9-6-7-10-19)18-37(24)29(41)26(31(2,3)4)35-30(42)44-21-13-14-43-17-21/h19-22,24,26H,5-18H2,1-4H3,(H,33,40)(H,34,39)(H,35,42)/t21-,22-,24-,26+,32+/m0/s1. The van der Waals surface area contributed by atoms with Crippen molar-refractivity contribution in [2.24, 2.45) is 16.5 Å². The average molecular weight is 632 g/mol. The fourth-order valence-corrected chi connectivity index (χ4v) is 6.83. The number of hydrogen-bond acceptors (Lipinski definition) is 9. The number of nitrogens with zero attached hydrogens (tertiary/aromatic N) is 2. The van der Waals surface area contributed by atoms with Gasteiger partial charge in [0.05, 0.1) is 31.5 Å². The molecule has 5 aliphatic rings. The summed E-state index contributed by atoms with van der Waals surface area (Å²) < 4.78 is 10.8. The van der Waals surface area contributed by atoms with Gasteiger partial charge in [0.15, 0.2) is 5.60 Å². The van der Waals surface area contributed by atoms with E-state index >= 15 is 0 Å². The number of ether oxygens (including phenoxy) is 2. The van der Waals surface area contributed by atoms with Crippen molar-refractivity contribution in [1.29, 1.82) is 0 Å². The third-order valence-electron chi connectivity index (χ3n) is 9.56. The Bertz CT molecular complexity index is 1180. The summed E-state index contributed by atoms with van der Waals surface area (Å²) >= 11 is 0. The highest BCUT2D eigenvalue weighted by Crippen LogP contribution is 2.42. The fraction of sp³-hybridized carbons (Fsp3) is 0.812. The van der Waals surface area contributed by atoms with E-state index in [1.807, 2.05) is 27.7 Å². The van der Waals surface area contributed by atoms with Gasteiger partial charge in [-0.05, 0) is 37.5 Å². The Morgan fingerprint density at radius 2 is 1.80 bits per heavy atom. The van der Waals surface area contributed by atoms with Crippen LogP contribution in [-0.2, 0) is 33.5 Å². The Kier molecular flexibility index (Phi) is 10.0. The summed E-state index contributed by atoms with van der Waals surface area (Å²) in [7, 11) is 0. The van der Waals surface area contributed by atoms with Gasteiger partial charge in [0.25, 0.3) is 5.91 Å². The lowest BCUT2D eigenvalue weighted by atomic mass is 9.85. The van der Waals surface area contributed by atoms with Crippen molar-refractivity contribution in [2.75, 3.05) is 19.8 Å². The molecular formula is C32H49N5O8. The van der Waals surface area contributed by atoms with Crippen LogP contribution in [0.15, 0.2) is 5.16 Å². The minimum absolute atomic E-state index is 0.00512.